The summed E-state index contributed by atoms with van der Waals surface area (Å²) in [4.78, 5) is 10.9. The van der Waals surface area contributed by atoms with Crippen molar-refractivity contribution < 1.29 is 19.0 Å². The van der Waals surface area contributed by atoms with Gasteiger partial charge in [-0.1, -0.05) is 19.9 Å². The van der Waals surface area contributed by atoms with Gasteiger partial charge in [0.15, 0.2) is 0 Å². The molecule has 3 nitrogen and oxygen atoms in total. The Morgan fingerprint density at radius 3 is 2.47 bits per heavy atom. The Balaban J connectivity index is 3.30. The molecule has 0 fully saturated rings. The van der Waals surface area contributed by atoms with Gasteiger partial charge >= 0.3 is 5.97 Å². The lowest BCUT2D eigenvalue weighted by atomic mass is 9.92. The zero-order valence-corrected chi connectivity index (χ0v) is 10.5. The summed E-state index contributed by atoms with van der Waals surface area (Å²) >= 11 is 0. The van der Waals surface area contributed by atoms with Crippen LogP contribution in [0.1, 0.15) is 37.8 Å². The molecule has 1 unspecified atom stereocenters. The molecule has 17 heavy (non-hydrogen) atoms. The number of alkyl halides is 1. The molecule has 0 amide bonds. The third kappa shape index (κ3) is 2.57. The maximum absolute atomic E-state index is 14.0. The number of hydrogen-bond donors (Lipinski definition) is 1. The summed E-state index contributed by atoms with van der Waals surface area (Å²) in [7, 11) is 1.53. The van der Waals surface area contributed by atoms with Gasteiger partial charge in [0.05, 0.1) is 7.11 Å². The maximum atomic E-state index is 14.0. The number of methoxy groups -OCH3 is 1. The minimum atomic E-state index is -2.38. The first-order valence-electron chi connectivity index (χ1n) is 5.41. The van der Waals surface area contributed by atoms with E-state index in [4.69, 9.17) is 9.84 Å². The fourth-order valence-corrected chi connectivity index (χ4v) is 1.60. The highest BCUT2D eigenvalue weighted by Crippen LogP contribution is 2.33. The van der Waals surface area contributed by atoms with E-state index in [1.165, 1.54) is 13.2 Å². The molecule has 0 bridgehead atoms. The average molecular weight is 240 g/mol. The van der Waals surface area contributed by atoms with Gasteiger partial charge in [-0.15, -0.1) is 0 Å². The summed E-state index contributed by atoms with van der Waals surface area (Å²) in [6, 6.07) is 4.60. The predicted octanol–water partition coefficient (Wildman–Crippen LogP) is 3.09. The number of hydrogen-bond acceptors (Lipinski definition) is 2. The Morgan fingerprint density at radius 2 is 2.06 bits per heavy atom. The lowest BCUT2D eigenvalue weighted by molar-refractivity contribution is -0.150. The van der Waals surface area contributed by atoms with Gasteiger partial charge in [-0.05, 0) is 30.5 Å². The van der Waals surface area contributed by atoms with Crippen LogP contribution in [0.4, 0.5) is 4.39 Å². The summed E-state index contributed by atoms with van der Waals surface area (Å²) in [5.41, 5.74) is -1.44. The zero-order chi connectivity index (χ0) is 13.2. The molecule has 0 spiro atoms. The average Bonchev–Trinajstić information content (AvgIpc) is 2.27. The van der Waals surface area contributed by atoms with Crippen molar-refractivity contribution >= 4 is 5.97 Å². The highest BCUT2D eigenvalue weighted by molar-refractivity contribution is 5.79. The molecule has 0 aliphatic carbocycles. The molecule has 0 aliphatic heterocycles. The lowest BCUT2D eigenvalue weighted by Gasteiger charge is -2.19. The molecule has 94 valence electrons. The van der Waals surface area contributed by atoms with Crippen LogP contribution in [0.25, 0.3) is 0 Å². The molecule has 0 aliphatic rings. The molecule has 0 heterocycles. The first-order chi connectivity index (χ1) is 7.80. The van der Waals surface area contributed by atoms with Gasteiger partial charge in [-0.25, -0.2) is 9.18 Å². The fraction of sp³-hybridized carbons (Fsp3) is 0.462. The van der Waals surface area contributed by atoms with Crippen molar-refractivity contribution in [1.82, 2.24) is 0 Å². The Labute approximate surface area is 100 Å². The molecule has 1 rings (SSSR count). The lowest BCUT2D eigenvalue weighted by Crippen LogP contribution is -2.27. The Kier molecular flexibility index (Phi) is 3.76. The molecule has 1 aromatic carbocycles. The summed E-state index contributed by atoms with van der Waals surface area (Å²) in [5, 5.41) is 8.84. The highest BCUT2D eigenvalue weighted by atomic mass is 19.1. The number of halogens is 1. The number of aliphatic carboxylic acids is 1. The minimum absolute atomic E-state index is 0.134. The monoisotopic (exact) mass is 240 g/mol. The highest BCUT2D eigenvalue weighted by Gasteiger charge is 2.35. The van der Waals surface area contributed by atoms with Crippen LogP contribution in [0.15, 0.2) is 18.2 Å². The van der Waals surface area contributed by atoms with Gasteiger partial charge in [0, 0.05) is 5.56 Å². The van der Waals surface area contributed by atoms with Gasteiger partial charge in [-0.2, -0.15) is 0 Å². The Hall–Kier alpha value is -1.58. The second kappa shape index (κ2) is 4.73. The molecule has 0 saturated heterocycles. The van der Waals surface area contributed by atoms with Crippen LogP contribution in [0.5, 0.6) is 5.75 Å². The minimum Gasteiger partial charge on any atom is -0.496 e. The van der Waals surface area contributed by atoms with Gasteiger partial charge in [-0.3, -0.25) is 0 Å². The Morgan fingerprint density at radius 1 is 1.47 bits per heavy atom. The molecular formula is C13H17FO3. The topological polar surface area (TPSA) is 46.5 Å². The van der Waals surface area contributed by atoms with E-state index in [0.717, 1.165) is 12.5 Å². The van der Waals surface area contributed by atoms with Gasteiger partial charge < -0.3 is 9.84 Å². The molecule has 0 radical (unpaired) electrons. The molecule has 1 atom stereocenters. The van der Waals surface area contributed by atoms with Crippen LogP contribution in [0, 0.1) is 0 Å². The van der Waals surface area contributed by atoms with Gasteiger partial charge in [0.1, 0.15) is 5.75 Å². The number of rotatable bonds is 4. The number of carboxylic acid groups (broad SMARTS) is 1. The van der Waals surface area contributed by atoms with E-state index < -0.39 is 11.6 Å². The van der Waals surface area contributed by atoms with Crippen LogP contribution in [0.2, 0.25) is 0 Å². The zero-order valence-electron chi connectivity index (χ0n) is 10.5. The van der Waals surface area contributed by atoms with Crippen molar-refractivity contribution in [2.24, 2.45) is 0 Å². The Bertz CT molecular complexity index is 425. The molecule has 0 aromatic heterocycles. The number of carbonyl (C=O) groups is 1. The largest absolute Gasteiger partial charge is 0.496 e. The van der Waals surface area contributed by atoms with E-state index in [0.29, 0.717) is 5.75 Å². The SMILES string of the molecule is COc1ccc(C(C)(F)C(=O)O)cc1C(C)C. The van der Waals surface area contributed by atoms with Crippen molar-refractivity contribution in [3.05, 3.63) is 29.3 Å². The number of ether oxygens (including phenoxy) is 1. The van der Waals surface area contributed by atoms with Crippen molar-refractivity contribution in [2.45, 2.75) is 32.4 Å². The first kappa shape index (κ1) is 13.5. The van der Waals surface area contributed by atoms with E-state index in [1.54, 1.807) is 12.1 Å². The fourth-order valence-electron chi connectivity index (χ4n) is 1.60. The van der Waals surface area contributed by atoms with Crippen molar-refractivity contribution in [1.29, 1.82) is 0 Å². The van der Waals surface area contributed by atoms with Crippen molar-refractivity contribution in [3.8, 4) is 5.75 Å². The second-order valence-electron chi connectivity index (χ2n) is 4.42. The van der Waals surface area contributed by atoms with Crippen LogP contribution >= 0.6 is 0 Å². The van der Waals surface area contributed by atoms with Crippen LogP contribution in [-0.4, -0.2) is 18.2 Å². The summed E-state index contributed by atoms with van der Waals surface area (Å²) in [6.45, 7) is 4.93. The number of carboxylic acids is 1. The van der Waals surface area contributed by atoms with Crippen LogP contribution in [0.3, 0.4) is 0 Å². The van der Waals surface area contributed by atoms with Crippen molar-refractivity contribution in [2.75, 3.05) is 7.11 Å². The van der Waals surface area contributed by atoms with Gasteiger partial charge in [0.2, 0.25) is 5.67 Å². The van der Waals surface area contributed by atoms with E-state index in [9.17, 15) is 9.18 Å². The summed E-state index contributed by atoms with van der Waals surface area (Å²) in [6.07, 6.45) is 0. The molecule has 1 aromatic rings. The quantitative estimate of drug-likeness (QED) is 0.879. The third-order valence-corrected chi connectivity index (χ3v) is 2.80. The summed E-state index contributed by atoms with van der Waals surface area (Å²) in [5.74, 6) is -0.711. The number of benzene rings is 1. The molecule has 0 saturated carbocycles. The van der Waals surface area contributed by atoms with E-state index in [2.05, 4.69) is 0 Å². The molecule has 4 heteroatoms. The van der Waals surface area contributed by atoms with Crippen molar-refractivity contribution in [3.63, 3.8) is 0 Å². The molecular weight excluding hydrogens is 223 g/mol. The second-order valence-corrected chi connectivity index (χ2v) is 4.42. The standard InChI is InChI=1S/C13H17FO3/c1-8(2)10-7-9(5-6-11(10)17-4)13(3,14)12(15)16/h5-8H,1-4H3,(H,15,16). The van der Waals surface area contributed by atoms with E-state index >= 15 is 0 Å². The third-order valence-electron chi connectivity index (χ3n) is 2.80. The smallest absolute Gasteiger partial charge is 0.345 e. The van der Waals surface area contributed by atoms with Crippen LogP contribution < -0.4 is 4.74 Å². The maximum Gasteiger partial charge on any atom is 0.345 e. The van der Waals surface area contributed by atoms with Crippen LogP contribution in [-0.2, 0) is 10.5 Å². The summed E-state index contributed by atoms with van der Waals surface area (Å²) < 4.78 is 19.1. The predicted molar refractivity (Wildman–Crippen MR) is 63.2 cm³/mol. The van der Waals surface area contributed by atoms with E-state index in [1.807, 2.05) is 13.8 Å². The normalized spacial score (nSPS) is 14.5. The van der Waals surface area contributed by atoms with Gasteiger partial charge in [0.25, 0.3) is 0 Å². The van der Waals surface area contributed by atoms with E-state index in [-0.39, 0.29) is 11.5 Å². The first-order valence-corrected chi connectivity index (χ1v) is 5.41. The molecule has 1 N–H and O–H groups in total.